The van der Waals surface area contributed by atoms with Crippen molar-refractivity contribution in [2.45, 2.75) is 18.6 Å². The Morgan fingerprint density at radius 2 is 0.979 bits per heavy atom. The van der Waals surface area contributed by atoms with E-state index in [1.54, 1.807) is 61.0 Å². The first kappa shape index (κ1) is 31.7. The van der Waals surface area contributed by atoms with Crippen molar-refractivity contribution in [2.24, 2.45) is 9.98 Å². The zero-order valence-corrected chi connectivity index (χ0v) is 25.7. The number of carbonyl (C=O) groups is 2. The summed E-state index contributed by atoms with van der Waals surface area (Å²) in [6.45, 7) is 2.92. The minimum Gasteiger partial charge on any atom is -0.493 e. The minimum absolute atomic E-state index is 0.0449. The third kappa shape index (κ3) is 10.4. The van der Waals surface area contributed by atoms with Crippen LogP contribution in [0.25, 0.3) is 0 Å². The van der Waals surface area contributed by atoms with Crippen LogP contribution < -0.4 is 9.47 Å². The lowest BCUT2D eigenvalue weighted by atomic mass is 10.2. The molecule has 4 aromatic carbocycles. The lowest BCUT2D eigenvalue weighted by molar-refractivity contribution is 0.0468. The van der Waals surface area contributed by atoms with E-state index in [-0.39, 0.29) is 37.4 Å². The average Bonchev–Trinajstić information content (AvgIpc) is 4.05. The molecule has 240 valence electrons. The summed E-state index contributed by atoms with van der Waals surface area (Å²) in [5.74, 6) is 0.806. The quantitative estimate of drug-likeness (QED) is 0.0623. The van der Waals surface area contributed by atoms with Crippen LogP contribution in [0.15, 0.2) is 107 Å². The van der Waals surface area contributed by atoms with Crippen LogP contribution in [0.4, 0.5) is 11.4 Å². The van der Waals surface area contributed by atoms with E-state index in [4.69, 9.17) is 28.4 Å². The second-order valence-electron chi connectivity index (χ2n) is 10.9. The van der Waals surface area contributed by atoms with Crippen LogP contribution in [0.2, 0.25) is 0 Å². The standard InChI is InChI=1S/C37H34N2O8/c40-36(46-24-34-22-44-34)28-6-10-30(11-7-28)38-20-26-2-14-32(15-3-26)42-18-1-19-43-33-16-4-27(5-17-33)21-39-31-12-8-29(9-13-31)37(41)47-25-35-23-45-35/h2-17,20-21,34-35H,1,18-19,22-25H2. The van der Waals surface area contributed by atoms with Crippen molar-refractivity contribution < 1.29 is 38.0 Å². The van der Waals surface area contributed by atoms with Crippen LogP contribution >= 0.6 is 0 Å². The number of benzene rings is 4. The highest BCUT2D eigenvalue weighted by Gasteiger charge is 2.25. The van der Waals surface area contributed by atoms with Crippen molar-refractivity contribution >= 4 is 35.7 Å². The lowest BCUT2D eigenvalue weighted by Crippen LogP contribution is -2.09. The van der Waals surface area contributed by atoms with Crippen LogP contribution in [0.3, 0.4) is 0 Å². The molecule has 0 bridgehead atoms. The highest BCUT2D eigenvalue weighted by molar-refractivity contribution is 5.91. The topological polar surface area (TPSA) is 121 Å². The van der Waals surface area contributed by atoms with Crippen molar-refractivity contribution in [1.82, 2.24) is 0 Å². The second-order valence-corrected chi connectivity index (χ2v) is 10.9. The molecule has 2 atom stereocenters. The molecule has 6 rings (SSSR count). The molecule has 2 aliphatic rings. The largest absolute Gasteiger partial charge is 0.493 e. The monoisotopic (exact) mass is 634 g/mol. The summed E-state index contributed by atoms with van der Waals surface area (Å²) in [6, 6.07) is 29.3. The van der Waals surface area contributed by atoms with Gasteiger partial charge in [-0.15, -0.1) is 0 Å². The maximum absolute atomic E-state index is 12.0. The highest BCUT2D eigenvalue weighted by Crippen LogP contribution is 2.19. The van der Waals surface area contributed by atoms with Crippen LogP contribution in [0.5, 0.6) is 11.5 Å². The van der Waals surface area contributed by atoms with Gasteiger partial charge in [-0.3, -0.25) is 9.98 Å². The number of nitrogens with zero attached hydrogens (tertiary/aromatic N) is 2. The third-order valence-corrected chi connectivity index (χ3v) is 7.12. The molecule has 0 radical (unpaired) electrons. The smallest absolute Gasteiger partial charge is 0.338 e. The predicted octanol–water partition coefficient (Wildman–Crippen LogP) is 6.15. The molecule has 47 heavy (non-hydrogen) atoms. The van der Waals surface area contributed by atoms with Gasteiger partial charge in [0.1, 0.15) is 36.9 Å². The predicted molar refractivity (Wildman–Crippen MR) is 176 cm³/mol. The number of aliphatic imine (C=N–C) groups is 2. The van der Waals surface area contributed by atoms with Crippen molar-refractivity contribution in [2.75, 3.05) is 39.6 Å². The van der Waals surface area contributed by atoms with Gasteiger partial charge in [-0.25, -0.2) is 9.59 Å². The van der Waals surface area contributed by atoms with E-state index in [9.17, 15) is 9.59 Å². The maximum Gasteiger partial charge on any atom is 0.338 e. The Morgan fingerprint density at radius 3 is 1.34 bits per heavy atom. The van der Waals surface area contributed by atoms with Crippen LogP contribution in [0, 0.1) is 0 Å². The Balaban J connectivity index is 0.863. The summed E-state index contributed by atoms with van der Waals surface area (Å²) in [5, 5.41) is 0. The van der Waals surface area contributed by atoms with E-state index in [2.05, 4.69) is 9.98 Å². The number of rotatable bonds is 16. The molecule has 4 aromatic rings. The van der Waals surface area contributed by atoms with Gasteiger partial charge in [0.2, 0.25) is 0 Å². The first-order valence-corrected chi connectivity index (χ1v) is 15.4. The van der Waals surface area contributed by atoms with Crippen LogP contribution in [0.1, 0.15) is 38.3 Å². The molecule has 0 N–H and O–H groups in total. The second kappa shape index (κ2) is 15.8. The molecule has 2 aliphatic heterocycles. The fourth-order valence-corrected chi connectivity index (χ4v) is 4.24. The summed E-state index contributed by atoms with van der Waals surface area (Å²) >= 11 is 0. The first-order chi connectivity index (χ1) is 23.1. The van der Waals surface area contributed by atoms with E-state index in [1.807, 2.05) is 48.5 Å². The van der Waals surface area contributed by atoms with Crippen molar-refractivity contribution in [3.63, 3.8) is 0 Å². The number of ether oxygens (including phenoxy) is 6. The van der Waals surface area contributed by atoms with Gasteiger partial charge < -0.3 is 28.4 Å². The molecule has 0 aromatic heterocycles. The van der Waals surface area contributed by atoms with Gasteiger partial charge in [0.15, 0.2) is 0 Å². The summed E-state index contributed by atoms with van der Waals surface area (Å²) in [5.41, 5.74) is 4.29. The van der Waals surface area contributed by atoms with Gasteiger partial charge in [0.25, 0.3) is 0 Å². The van der Waals surface area contributed by atoms with Crippen molar-refractivity contribution in [3.05, 3.63) is 119 Å². The first-order valence-electron chi connectivity index (χ1n) is 15.4. The average molecular weight is 635 g/mol. The summed E-state index contributed by atoms with van der Waals surface area (Å²) in [7, 11) is 0. The molecule has 2 fully saturated rings. The van der Waals surface area contributed by atoms with E-state index in [0.717, 1.165) is 40.4 Å². The van der Waals surface area contributed by atoms with E-state index in [1.165, 1.54) is 0 Å². The molecule has 0 amide bonds. The van der Waals surface area contributed by atoms with Gasteiger partial charge in [0.05, 0.1) is 48.9 Å². The third-order valence-electron chi connectivity index (χ3n) is 7.12. The van der Waals surface area contributed by atoms with Crippen molar-refractivity contribution in [3.8, 4) is 11.5 Å². The molecule has 2 saturated heterocycles. The molecule has 10 nitrogen and oxygen atoms in total. The zero-order chi connectivity index (χ0) is 32.3. The summed E-state index contributed by atoms with van der Waals surface area (Å²) in [6.07, 6.45) is 4.34. The summed E-state index contributed by atoms with van der Waals surface area (Å²) < 4.78 is 32.2. The number of esters is 2. The maximum atomic E-state index is 12.0. The molecule has 0 saturated carbocycles. The Labute approximate surface area is 272 Å². The molecule has 0 aliphatic carbocycles. The van der Waals surface area contributed by atoms with Gasteiger partial charge in [-0.1, -0.05) is 0 Å². The molecular formula is C37H34N2O8. The van der Waals surface area contributed by atoms with Gasteiger partial charge >= 0.3 is 11.9 Å². The van der Waals surface area contributed by atoms with E-state index >= 15 is 0 Å². The molecule has 10 heteroatoms. The molecule has 2 heterocycles. The molecule has 2 unspecified atom stereocenters. The normalized spacial score (nSPS) is 16.6. The van der Waals surface area contributed by atoms with Crippen molar-refractivity contribution in [1.29, 1.82) is 0 Å². The number of hydrogen-bond acceptors (Lipinski definition) is 10. The number of epoxide rings is 2. The summed E-state index contributed by atoms with van der Waals surface area (Å²) in [4.78, 5) is 33.0. The number of hydrogen-bond donors (Lipinski definition) is 0. The lowest BCUT2D eigenvalue weighted by Gasteiger charge is -2.08. The SMILES string of the molecule is O=C(OCC1CO1)c1ccc(N=Cc2ccc(OCCCOc3ccc(C=Nc4ccc(C(=O)OCC5CO5)cc4)cc3)cc2)cc1. The Bertz CT molecular complexity index is 1550. The molecular weight excluding hydrogens is 600 g/mol. The van der Waals surface area contributed by atoms with Crippen LogP contribution in [-0.4, -0.2) is 76.2 Å². The zero-order valence-electron chi connectivity index (χ0n) is 25.7. The van der Waals surface area contributed by atoms with Gasteiger partial charge in [0, 0.05) is 18.9 Å². The van der Waals surface area contributed by atoms with Crippen LogP contribution in [-0.2, 0) is 18.9 Å². The van der Waals surface area contributed by atoms with Gasteiger partial charge in [-0.2, -0.15) is 0 Å². The minimum atomic E-state index is -0.364. The Hall–Kier alpha value is -5.32. The Morgan fingerprint density at radius 1 is 0.596 bits per heavy atom. The fraction of sp³-hybridized carbons (Fsp3) is 0.243. The fourth-order valence-electron chi connectivity index (χ4n) is 4.24. The Kier molecular flexibility index (Phi) is 10.6. The number of carbonyl (C=O) groups excluding carboxylic acids is 2. The van der Waals surface area contributed by atoms with Gasteiger partial charge in [-0.05, 0) is 108 Å². The molecule has 0 spiro atoms. The highest BCUT2D eigenvalue weighted by atomic mass is 16.6. The van der Waals surface area contributed by atoms with E-state index in [0.29, 0.717) is 37.6 Å². The van der Waals surface area contributed by atoms with E-state index < -0.39 is 0 Å².